The van der Waals surface area contributed by atoms with Gasteiger partial charge in [-0.05, 0) is 32.8 Å². The van der Waals surface area contributed by atoms with Gasteiger partial charge in [0.15, 0.2) is 11.5 Å². The van der Waals surface area contributed by atoms with Crippen LogP contribution in [0.25, 0.3) is 5.65 Å². The van der Waals surface area contributed by atoms with E-state index in [0.717, 1.165) is 24.2 Å². The molecule has 3 aromatic rings. The van der Waals surface area contributed by atoms with E-state index in [1.54, 1.807) is 10.6 Å². The second kappa shape index (κ2) is 6.25. The van der Waals surface area contributed by atoms with E-state index >= 15 is 0 Å². The zero-order valence-corrected chi connectivity index (χ0v) is 14.0. The van der Waals surface area contributed by atoms with E-state index < -0.39 is 0 Å². The minimum absolute atomic E-state index is 0.131. The van der Waals surface area contributed by atoms with Crippen LogP contribution in [0.15, 0.2) is 16.7 Å². The molecule has 1 saturated heterocycles. The SMILES string of the molecule is Cc1cc2nc(C(=O)NCc3noc(C4CCCO4)n3)cc(C)n2n1. The Hall–Kier alpha value is -2.81. The van der Waals surface area contributed by atoms with Crippen LogP contribution in [-0.2, 0) is 11.3 Å². The van der Waals surface area contributed by atoms with Crippen molar-refractivity contribution in [1.29, 1.82) is 0 Å². The Bertz CT molecular complexity index is 925. The molecular formula is C16H18N6O3. The molecule has 4 rings (SSSR count). The molecule has 130 valence electrons. The highest BCUT2D eigenvalue weighted by Crippen LogP contribution is 2.26. The van der Waals surface area contributed by atoms with Crippen LogP contribution in [0.2, 0.25) is 0 Å². The Labute approximate surface area is 143 Å². The molecule has 1 atom stereocenters. The summed E-state index contributed by atoms with van der Waals surface area (Å²) in [5.74, 6) is 0.580. The summed E-state index contributed by atoms with van der Waals surface area (Å²) in [7, 11) is 0. The third-order valence-electron chi connectivity index (χ3n) is 4.06. The van der Waals surface area contributed by atoms with Gasteiger partial charge < -0.3 is 14.6 Å². The van der Waals surface area contributed by atoms with Crippen LogP contribution in [0.5, 0.6) is 0 Å². The number of rotatable bonds is 4. The lowest BCUT2D eigenvalue weighted by molar-refractivity contribution is 0.0835. The fourth-order valence-electron chi connectivity index (χ4n) is 2.85. The van der Waals surface area contributed by atoms with E-state index in [0.29, 0.717) is 29.7 Å². The van der Waals surface area contributed by atoms with Gasteiger partial charge in [0, 0.05) is 18.4 Å². The molecule has 1 unspecified atom stereocenters. The van der Waals surface area contributed by atoms with Crippen molar-refractivity contribution in [3.8, 4) is 0 Å². The second-order valence-corrected chi connectivity index (χ2v) is 6.07. The van der Waals surface area contributed by atoms with Gasteiger partial charge in [0.05, 0.1) is 12.2 Å². The molecule has 25 heavy (non-hydrogen) atoms. The van der Waals surface area contributed by atoms with E-state index in [4.69, 9.17) is 9.26 Å². The Morgan fingerprint density at radius 1 is 1.36 bits per heavy atom. The molecule has 0 saturated carbocycles. The summed E-state index contributed by atoms with van der Waals surface area (Å²) >= 11 is 0. The Balaban J connectivity index is 1.45. The Kier molecular flexibility index (Phi) is 3.92. The van der Waals surface area contributed by atoms with Crippen LogP contribution in [0.4, 0.5) is 0 Å². The number of carbonyl (C=O) groups is 1. The first-order valence-electron chi connectivity index (χ1n) is 8.16. The van der Waals surface area contributed by atoms with Crippen molar-refractivity contribution in [3.05, 3.63) is 40.9 Å². The molecule has 9 nitrogen and oxygen atoms in total. The van der Waals surface area contributed by atoms with Crippen molar-refractivity contribution in [2.45, 2.75) is 39.3 Å². The van der Waals surface area contributed by atoms with Gasteiger partial charge in [0.2, 0.25) is 0 Å². The number of ether oxygens (including phenoxy) is 1. The smallest absolute Gasteiger partial charge is 0.270 e. The fourth-order valence-corrected chi connectivity index (χ4v) is 2.85. The number of hydrogen-bond acceptors (Lipinski definition) is 7. The van der Waals surface area contributed by atoms with Crippen molar-refractivity contribution in [2.75, 3.05) is 6.61 Å². The highest BCUT2D eigenvalue weighted by Gasteiger charge is 2.24. The lowest BCUT2D eigenvalue weighted by Gasteiger charge is -2.05. The maximum absolute atomic E-state index is 12.4. The third-order valence-corrected chi connectivity index (χ3v) is 4.06. The number of fused-ring (bicyclic) bond motifs is 1. The maximum atomic E-state index is 12.4. The molecule has 4 heterocycles. The molecule has 0 radical (unpaired) electrons. The maximum Gasteiger partial charge on any atom is 0.270 e. The monoisotopic (exact) mass is 342 g/mol. The lowest BCUT2D eigenvalue weighted by Crippen LogP contribution is -2.25. The minimum Gasteiger partial charge on any atom is -0.368 e. The number of aromatic nitrogens is 5. The molecule has 1 aliphatic heterocycles. The first-order chi connectivity index (χ1) is 12.1. The van der Waals surface area contributed by atoms with Gasteiger partial charge >= 0.3 is 0 Å². The average Bonchev–Trinajstić information content (AvgIpc) is 3.31. The van der Waals surface area contributed by atoms with Crippen LogP contribution in [0.1, 0.15) is 52.5 Å². The highest BCUT2D eigenvalue weighted by atomic mass is 16.5. The van der Waals surface area contributed by atoms with Gasteiger partial charge in [0.1, 0.15) is 11.8 Å². The largest absolute Gasteiger partial charge is 0.368 e. The summed E-state index contributed by atoms with van der Waals surface area (Å²) in [6.07, 6.45) is 1.73. The highest BCUT2D eigenvalue weighted by molar-refractivity contribution is 5.92. The predicted octanol–water partition coefficient (Wildman–Crippen LogP) is 1.51. The van der Waals surface area contributed by atoms with Gasteiger partial charge in [-0.25, -0.2) is 9.50 Å². The van der Waals surface area contributed by atoms with Crippen molar-refractivity contribution in [1.82, 2.24) is 30.1 Å². The minimum atomic E-state index is -0.298. The quantitative estimate of drug-likeness (QED) is 0.765. The number of aryl methyl sites for hydroxylation is 2. The van der Waals surface area contributed by atoms with E-state index in [9.17, 15) is 4.79 Å². The summed E-state index contributed by atoms with van der Waals surface area (Å²) < 4.78 is 12.4. The van der Waals surface area contributed by atoms with Crippen molar-refractivity contribution < 1.29 is 14.1 Å². The normalized spacial score (nSPS) is 17.3. The molecule has 0 aliphatic carbocycles. The second-order valence-electron chi connectivity index (χ2n) is 6.07. The molecule has 1 amide bonds. The number of nitrogens with one attached hydrogen (secondary N) is 1. The molecular weight excluding hydrogens is 324 g/mol. The van der Waals surface area contributed by atoms with Crippen LogP contribution >= 0.6 is 0 Å². The Morgan fingerprint density at radius 2 is 2.24 bits per heavy atom. The number of nitrogens with zero attached hydrogens (tertiary/aromatic N) is 5. The zero-order valence-electron chi connectivity index (χ0n) is 14.0. The van der Waals surface area contributed by atoms with Crippen LogP contribution < -0.4 is 5.32 Å². The van der Waals surface area contributed by atoms with E-state index in [1.165, 1.54) is 0 Å². The summed E-state index contributed by atoms with van der Waals surface area (Å²) in [5, 5.41) is 11.0. The number of hydrogen-bond donors (Lipinski definition) is 1. The Morgan fingerprint density at radius 3 is 3.04 bits per heavy atom. The standard InChI is InChI=1S/C16H18N6O3/c1-9-6-14-18-11(7-10(2)22(14)20-9)15(23)17-8-13-19-16(25-21-13)12-4-3-5-24-12/h6-7,12H,3-5,8H2,1-2H3,(H,17,23). The fraction of sp³-hybridized carbons (Fsp3) is 0.438. The lowest BCUT2D eigenvalue weighted by atomic mass is 10.2. The first-order valence-corrected chi connectivity index (χ1v) is 8.16. The molecule has 0 aromatic carbocycles. The van der Waals surface area contributed by atoms with Crippen molar-refractivity contribution in [3.63, 3.8) is 0 Å². The first kappa shape index (κ1) is 15.7. The molecule has 3 aromatic heterocycles. The molecule has 0 bridgehead atoms. The van der Waals surface area contributed by atoms with E-state index in [-0.39, 0.29) is 18.6 Å². The third kappa shape index (κ3) is 3.10. The number of amides is 1. The van der Waals surface area contributed by atoms with Gasteiger partial charge in [-0.2, -0.15) is 10.1 Å². The van der Waals surface area contributed by atoms with Crippen LogP contribution in [0, 0.1) is 13.8 Å². The van der Waals surface area contributed by atoms with Gasteiger partial charge in [-0.15, -0.1) is 0 Å². The van der Waals surface area contributed by atoms with Gasteiger partial charge in [0.25, 0.3) is 11.8 Å². The van der Waals surface area contributed by atoms with Crippen molar-refractivity contribution >= 4 is 11.6 Å². The van der Waals surface area contributed by atoms with Crippen molar-refractivity contribution in [2.24, 2.45) is 0 Å². The van der Waals surface area contributed by atoms with Gasteiger partial charge in [-0.1, -0.05) is 5.16 Å². The molecule has 0 spiro atoms. The number of carbonyl (C=O) groups excluding carboxylic acids is 1. The topological polar surface area (TPSA) is 107 Å². The predicted molar refractivity (Wildman–Crippen MR) is 85.9 cm³/mol. The summed E-state index contributed by atoms with van der Waals surface area (Å²) in [6.45, 7) is 4.64. The molecule has 9 heteroatoms. The summed E-state index contributed by atoms with van der Waals surface area (Å²) in [5.41, 5.74) is 2.65. The molecule has 1 N–H and O–H groups in total. The van der Waals surface area contributed by atoms with Gasteiger partial charge in [-0.3, -0.25) is 4.79 Å². The molecule has 1 aliphatic rings. The van der Waals surface area contributed by atoms with E-state index in [1.807, 2.05) is 19.9 Å². The van der Waals surface area contributed by atoms with E-state index in [2.05, 4.69) is 25.5 Å². The van der Waals surface area contributed by atoms with Crippen LogP contribution in [-0.4, -0.2) is 37.3 Å². The average molecular weight is 342 g/mol. The zero-order chi connectivity index (χ0) is 17.4. The summed E-state index contributed by atoms with van der Waals surface area (Å²) in [6, 6.07) is 3.53. The summed E-state index contributed by atoms with van der Waals surface area (Å²) in [4.78, 5) is 21.0. The van der Waals surface area contributed by atoms with Crippen LogP contribution in [0.3, 0.4) is 0 Å². The molecule has 1 fully saturated rings.